The van der Waals surface area contributed by atoms with Gasteiger partial charge in [-0.15, -0.1) is 0 Å². The van der Waals surface area contributed by atoms with Crippen LogP contribution < -0.4 is 10.6 Å². The fourth-order valence-electron chi connectivity index (χ4n) is 2.52. The Bertz CT molecular complexity index is 597. The molecule has 1 amide bonds. The number of benzene rings is 1. The molecule has 1 aliphatic carbocycles. The Morgan fingerprint density at radius 1 is 1.26 bits per heavy atom. The number of ether oxygens (including phenoxy) is 1. The van der Waals surface area contributed by atoms with E-state index in [0.717, 1.165) is 31.4 Å². The minimum atomic E-state index is -0.357. The molecular formula is C16H20N4O3. The summed E-state index contributed by atoms with van der Waals surface area (Å²) in [7, 11) is 0. The van der Waals surface area contributed by atoms with Crippen molar-refractivity contribution in [2.75, 3.05) is 6.54 Å². The Hall–Kier alpha value is -2.41. The second-order valence-electron chi connectivity index (χ2n) is 5.62. The number of carbonyl (C=O) groups is 1. The van der Waals surface area contributed by atoms with Gasteiger partial charge in [-0.25, -0.2) is 4.79 Å². The largest absolute Gasteiger partial charge is 0.445 e. The summed E-state index contributed by atoms with van der Waals surface area (Å²) in [4.78, 5) is 15.7. The highest BCUT2D eigenvalue weighted by atomic mass is 16.5. The fourth-order valence-corrected chi connectivity index (χ4v) is 2.52. The van der Waals surface area contributed by atoms with Crippen LogP contribution in [0, 0.1) is 0 Å². The Kier molecular flexibility index (Phi) is 5.21. The maximum absolute atomic E-state index is 11.7. The van der Waals surface area contributed by atoms with Gasteiger partial charge >= 0.3 is 6.09 Å². The summed E-state index contributed by atoms with van der Waals surface area (Å²) >= 11 is 0. The van der Waals surface area contributed by atoms with Gasteiger partial charge in [-0.05, 0) is 18.4 Å². The monoisotopic (exact) mass is 316 g/mol. The molecule has 1 aromatic heterocycles. The molecule has 7 heteroatoms. The van der Waals surface area contributed by atoms with Gasteiger partial charge in [0.05, 0.1) is 0 Å². The molecule has 0 aliphatic heterocycles. The molecule has 2 N–H and O–H groups in total. The van der Waals surface area contributed by atoms with Crippen LogP contribution in [0.2, 0.25) is 0 Å². The minimum absolute atomic E-state index is 0.181. The van der Waals surface area contributed by atoms with Gasteiger partial charge in [0, 0.05) is 25.0 Å². The third-order valence-electron chi connectivity index (χ3n) is 3.86. The summed E-state index contributed by atoms with van der Waals surface area (Å²) in [6.45, 7) is 1.10. The van der Waals surface area contributed by atoms with E-state index in [0.29, 0.717) is 18.5 Å². The molecule has 0 bridgehead atoms. The maximum atomic E-state index is 11.7. The lowest BCUT2D eigenvalue weighted by atomic mass is 9.87. The third-order valence-corrected chi connectivity index (χ3v) is 3.86. The topological polar surface area (TPSA) is 89.3 Å². The lowest BCUT2D eigenvalue weighted by Gasteiger charge is -2.36. The van der Waals surface area contributed by atoms with Crippen LogP contribution in [0.1, 0.15) is 24.2 Å². The number of rotatable bonds is 7. The van der Waals surface area contributed by atoms with E-state index in [-0.39, 0.29) is 12.1 Å². The van der Waals surface area contributed by atoms with E-state index in [1.54, 1.807) is 0 Å². The van der Waals surface area contributed by atoms with E-state index < -0.39 is 0 Å². The second kappa shape index (κ2) is 7.73. The highest BCUT2D eigenvalue weighted by Gasteiger charge is 2.30. The zero-order chi connectivity index (χ0) is 15.9. The first-order valence-corrected chi connectivity index (χ1v) is 7.75. The van der Waals surface area contributed by atoms with Gasteiger partial charge in [-0.3, -0.25) is 0 Å². The molecule has 0 spiro atoms. The SMILES string of the molecule is O=C(NC1CC(NCCc2ncon2)C1)OCc1ccccc1. The smallest absolute Gasteiger partial charge is 0.407 e. The lowest BCUT2D eigenvalue weighted by molar-refractivity contribution is 0.125. The first kappa shape index (κ1) is 15.5. The molecule has 7 nitrogen and oxygen atoms in total. The predicted molar refractivity (Wildman–Crippen MR) is 82.6 cm³/mol. The molecule has 1 saturated carbocycles. The molecular weight excluding hydrogens is 296 g/mol. The molecule has 3 rings (SSSR count). The van der Waals surface area contributed by atoms with Crippen LogP contribution in [0.25, 0.3) is 0 Å². The summed E-state index contributed by atoms with van der Waals surface area (Å²) in [6, 6.07) is 10.2. The number of aromatic nitrogens is 2. The number of nitrogens with zero attached hydrogens (tertiary/aromatic N) is 2. The number of carbonyl (C=O) groups excluding carboxylic acids is 1. The molecule has 0 atom stereocenters. The Morgan fingerprint density at radius 2 is 2.09 bits per heavy atom. The summed E-state index contributed by atoms with van der Waals surface area (Å²) < 4.78 is 9.88. The van der Waals surface area contributed by atoms with Gasteiger partial charge in [0.2, 0.25) is 6.39 Å². The van der Waals surface area contributed by atoms with E-state index in [4.69, 9.17) is 4.74 Å². The van der Waals surface area contributed by atoms with Crippen LogP contribution in [-0.2, 0) is 17.8 Å². The summed E-state index contributed by atoms with van der Waals surface area (Å²) in [5.74, 6) is 0.705. The zero-order valence-corrected chi connectivity index (χ0v) is 12.8. The van der Waals surface area contributed by atoms with Crippen molar-refractivity contribution >= 4 is 6.09 Å². The summed E-state index contributed by atoms with van der Waals surface area (Å²) in [5, 5.41) is 10.0. The van der Waals surface area contributed by atoms with Gasteiger partial charge in [0.15, 0.2) is 5.82 Å². The summed E-state index contributed by atoms with van der Waals surface area (Å²) in [6.07, 6.45) is 3.53. The quantitative estimate of drug-likeness (QED) is 0.807. The highest BCUT2D eigenvalue weighted by molar-refractivity contribution is 5.67. The first-order chi connectivity index (χ1) is 11.3. The molecule has 2 aromatic rings. The molecule has 1 heterocycles. The van der Waals surface area contributed by atoms with E-state index in [1.807, 2.05) is 30.3 Å². The van der Waals surface area contributed by atoms with E-state index >= 15 is 0 Å². The zero-order valence-electron chi connectivity index (χ0n) is 12.8. The van der Waals surface area contributed by atoms with Gasteiger partial charge in [-0.1, -0.05) is 35.5 Å². The predicted octanol–water partition coefficient (Wildman–Crippen LogP) is 1.66. The molecule has 1 aliphatic rings. The van der Waals surface area contributed by atoms with Crippen LogP contribution in [0.4, 0.5) is 4.79 Å². The van der Waals surface area contributed by atoms with Gasteiger partial charge < -0.3 is 19.9 Å². The average molecular weight is 316 g/mol. The number of hydrogen-bond acceptors (Lipinski definition) is 6. The Morgan fingerprint density at radius 3 is 2.83 bits per heavy atom. The van der Waals surface area contributed by atoms with Crippen LogP contribution >= 0.6 is 0 Å². The van der Waals surface area contributed by atoms with E-state index in [2.05, 4.69) is 25.3 Å². The van der Waals surface area contributed by atoms with Crippen molar-refractivity contribution < 1.29 is 14.1 Å². The van der Waals surface area contributed by atoms with Crippen molar-refractivity contribution in [1.29, 1.82) is 0 Å². The van der Waals surface area contributed by atoms with Crippen molar-refractivity contribution in [1.82, 2.24) is 20.8 Å². The molecule has 0 saturated heterocycles. The molecule has 0 unspecified atom stereocenters. The van der Waals surface area contributed by atoms with Crippen LogP contribution in [0.15, 0.2) is 41.2 Å². The summed E-state index contributed by atoms with van der Waals surface area (Å²) in [5.41, 5.74) is 0.984. The standard InChI is InChI=1S/C16H20N4O3/c21-16(22-10-12-4-2-1-3-5-12)19-14-8-13(9-14)17-7-6-15-18-11-23-20-15/h1-5,11,13-14,17H,6-10H2,(H,19,21). The van der Waals surface area contributed by atoms with Crippen molar-refractivity contribution in [3.63, 3.8) is 0 Å². The van der Waals surface area contributed by atoms with Crippen LogP contribution in [0.5, 0.6) is 0 Å². The third kappa shape index (κ3) is 4.79. The number of nitrogens with one attached hydrogen (secondary N) is 2. The van der Waals surface area contributed by atoms with Crippen LogP contribution in [0.3, 0.4) is 0 Å². The number of hydrogen-bond donors (Lipinski definition) is 2. The van der Waals surface area contributed by atoms with Crippen LogP contribution in [-0.4, -0.2) is 34.9 Å². The van der Waals surface area contributed by atoms with Gasteiger partial charge in [0.1, 0.15) is 6.61 Å². The van der Waals surface area contributed by atoms with Gasteiger partial charge in [-0.2, -0.15) is 4.98 Å². The molecule has 1 fully saturated rings. The van der Waals surface area contributed by atoms with Crippen molar-refractivity contribution in [3.8, 4) is 0 Å². The van der Waals surface area contributed by atoms with E-state index in [1.165, 1.54) is 6.39 Å². The molecule has 122 valence electrons. The lowest BCUT2D eigenvalue weighted by Crippen LogP contribution is -2.52. The number of alkyl carbamates (subject to hydrolysis) is 1. The first-order valence-electron chi connectivity index (χ1n) is 7.75. The molecule has 23 heavy (non-hydrogen) atoms. The Balaban J connectivity index is 1.25. The van der Waals surface area contributed by atoms with Gasteiger partial charge in [0.25, 0.3) is 0 Å². The van der Waals surface area contributed by atoms with Crippen molar-refractivity contribution in [3.05, 3.63) is 48.1 Å². The fraction of sp³-hybridized carbons (Fsp3) is 0.438. The van der Waals surface area contributed by atoms with E-state index in [9.17, 15) is 4.79 Å². The Labute approximate surface area is 134 Å². The average Bonchev–Trinajstić information content (AvgIpc) is 3.05. The highest BCUT2D eigenvalue weighted by Crippen LogP contribution is 2.20. The van der Waals surface area contributed by atoms with Crippen molar-refractivity contribution in [2.45, 2.75) is 38.0 Å². The normalized spacial score (nSPS) is 19.8. The maximum Gasteiger partial charge on any atom is 0.407 e. The molecule has 1 aromatic carbocycles. The van der Waals surface area contributed by atoms with Crippen molar-refractivity contribution in [2.24, 2.45) is 0 Å². The number of amides is 1. The second-order valence-corrected chi connectivity index (χ2v) is 5.62. The molecule has 0 radical (unpaired) electrons. The minimum Gasteiger partial charge on any atom is -0.445 e.